The zero-order valence-electron chi connectivity index (χ0n) is 9.97. The van der Waals surface area contributed by atoms with Crippen LogP contribution >= 0.6 is 0 Å². The van der Waals surface area contributed by atoms with Crippen molar-refractivity contribution in [1.82, 2.24) is 4.90 Å². The number of hydrogen-bond donors (Lipinski definition) is 2. The summed E-state index contributed by atoms with van der Waals surface area (Å²) in [4.78, 5) is 2.39. The third kappa shape index (κ3) is 1.77. The monoisotopic (exact) mass is 234 g/mol. The number of benzene rings is 1. The van der Waals surface area contributed by atoms with Gasteiger partial charge < -0.3 is 15.6 Å². The molecule has 2 aliphatic heterocycles. The van der Waals surface area contributed by atoms with E-state index in [2.05, 4.69) is 11.8 Å². The van der Waals surface area contributed by atoms with Crippen LogP contribution in [0.3, 0.4) is 0 Å². The molecule has 4 nitrogen and oxygen atoms in total. The van der Waals surface area contributed by atoms with Crippen LogP contribution in [-0.2, 0) is 0 Å². The molecule has 0 aromatic heterocycles. The molecule has 2 aliphatic rings. The lowest BCUT2D eigenvalue weighted by Gasteiger charge is -2.22. The standard InChI is InChI=1S/C13H18N2O2/c1-8-5-15(6-11(8)14)12-7-17-13-4-9(16)2-3-10(12)13/h2-4,8,11-12,16H,5-7,14H2,1H3. The van der Waals surface area contributed by atoms with Gasteiger partial charge in [0.1, 0.15) is 18.1 Å². The Balaban J connectivity index is 1.84. The summed E-state index contributed by atoms with van der Waals surface area (Å²) in [5.41, 5.74) is 7.23. The fraction of sp³-hybridized carbons (Fsp3) is 0.538. The molecule has 0 spiro atoms. The second kappa shape index (κ2) is 3.89. The van der Waals surface area contributed by atoms with Crippen molar-refractivity contribution >= 4 is 0 Å². The number of phenols is 1. The van der Waals surface area contributed by atoms with E-state index in [1.165, 1.54) is 5.56 Å². The van der Waals surface area contributed by atoms with Crippen molar-refractivity contribution in [3.63, 3.8) is 0 Å². The highest BCUT2D eigenvalue weighted by atomic mass is 16.5. The normalized spacial score (nSPS) is 32.5. The van der Waals surface area contributed by atoms with Gasteiger partial charge in [0.15, 0.2) is 0 Å². The van der Waals surface area contributed by atoms with E-state index in [1.807, 2.05) is 6.07 Å². The second-order valence-electron chi connectivity index (χ2n) is 5.14. The quantitative estimate of drug-likeness (QED) is 0.764. The van der Waals surface area contributed by atoms with Crippen molar-refractivity contribution in [3.8, 4) is 11.5 Å². The molecular weight excluding hydrogens is 216 g/mol. The predicted molar refractivity (Wildman–Crippen MR) is 65.1 cm³/mol. The number of ether oxygens (including phenoxy) is 1. The van der Waals surface area contributed by atoms with E-state index in [0.717, 1.165) is 18.8 Å². The molecule has 2 heterocycles. The zero-order chi connectivity index (χ0) is 12.0. The first-order chi connectivity index (χ1) is 8.15. The molecule has 17 heavy (non-hydrogen) atoms. The van der Waals surface area contributed by atoms with Gasteiger partial charge >= 0.3 is 0 Å². The van der Waals surface area contributed by atoms with Crippen LogP contribution in [0.15, 0.2) is 18.2 Å². The van der Waals surface area contributed by atoms with Crippen LogP contribution in [-0.4, -0.2) is 35.7 Å². The van der Waals surface area contributed by atoms with E-state index in [1.54, 1.807) is 12.1 Å². The lowest BCUT2D eigenvalue weighted by atomic mass is 10.1. The molecule has 3 unspecified atom stereocenters. The Kier molecular flexibility index (Phi) is 2.49. The molecule has 0 amide bonds. The summed E-state index contributed by atoms with van der Waals surface area (Å²) in [5, 5.41) is 9.42. The molecule has 0 aliphatic carbocycles. The molecule has 1 saturated heterocycles. The highest BCUT2D eigenvalue weighted by Crippen LogP contribution is 2.39. The summed E-state index contributed by atoms with van der Waals surface area (Å²) in [7, 11) is 0. The van der Waals surface area contributed by atoms with Gasteiger partial charge in [0.25, 0.3) is 0 Å². The molecule has 4 heteroatoms. The molecule has 0 saturated carbocycles. The molecule has 1 aromatic rings. The van der Waals surface area contributed by atoms with Crippen molar-refractivity contribution < 1.29 is 9.84 Å². The Morgan fingerprint density at radius 2 is 2.24 bits per heavy atom. The van der Waals surface area contributed by atoms with Gasteiger partial charge in [-0.3, -0.25) is 4.90 Å². The summed E-state index contributed by atoms with van der Waals surface area (Å²) in [6.07, 6.45) is 0. The van der Waals surface area contributed by atoms with E-state index < -0.39 is 0 Å². The number of likely N-dealkylation sites (tertiary alicyclic amines) is 1. The zero-order valence-corrected chi connectivity index (χ0v) is 9.97. The number of nitrogens with zero attached hydrogens (tertiary/aromatic N) is 1. The Bertz CT molecular complexity index is 425. The van der Waals surface area contributed by atoms with Crippen molar-refractivity contribution in [2.45, 2.75) is 19.0 Å². The molecule has 3 rings (SSSR count). The minimum atomic E-state index is 0.260. The lowest BCUT2D eigenvalue weighted by molar-refractivity contribution is 0.190. The first-order valence-corrected chi connectivity index (χ1v) is 6.10. The summed E-state index contributed by atoms with van der Waals surface area (Å²) in [6.45, 7) is 4.81. The highest BCUT2D eigenvalue weighted by molar-refractivity contribution is 5.44. The molecule has 0 bridgehead atoms. The molecular formula is C13H18N2O2. The molecule has 3 N–H and O–H groups in total. The second-order valence-corrected chi connectivity index (χ2v) is 5.14. The number of nitrogens with two attached hydrogens (primary N) is 1. The maximum atomic E-state index is 9.42. The maximum absolute atomic E-state index is 9.42. The summed E-state index contributed by atoms with van der Waals surface area (Å²) < 4.78 is 5.63. The number of hydrogen-bond acceptors (Lipinski definition) is 4. The van der Waals surface area contributed by atoms with Crippen molar-refractivity contribution in [1.29, 1.82) is 0 Å². The number of fused-ring (bicyclic) bond motifs is 1. The van der Waals surface area contributed by atoms with Crippen LogP contribution in [0.4, 0.5) is 0 Å². The largest absolute Gasteiger partial charge is 0.508 e. The van der Waals surface area contributed by atoms with Gasteiger partial charge in [-0.05, 0) is 18.1 Å². The van der Waals surface area contributed by atoms with Crippen molar-refractivity contribution in [2.24, 2.45) is 11.7 Å². The molecule has 3 atom stereocenters. The Labute approximate surface area is 101 Å². The van der Waals surface area contributed by atoms with E-state index in [4.69, 9.17) is 10.5 Å². The van der Waals surface area contributed by atoms with Crippen LogP contribution in [0.25, 0.3) is 0 Å². The van der Waals surface area contributed by atoms with Gasteiger partial charge in [-0.1, -0.05) is 6.92 Å². The van der Waals surface area contributed by atoms with Gasteiger partial charge in [0, 0.05) is 30.8 Å². The smallest absolute Gasteiger partial charge is 0.127 e. The van der Waals surface area contributed by atoms with Crippen molar-refractivity contribution in [3.05, 3.63) is 23.8 Å². The molecule has 92 valence electrons. The van der Waals surface area contributed by atoms with Crippen LogP contribution in [0.2, 0.25) is 0 Å². The van der Waals surface area contributed by atoms with Crippen LogP contribution in [0, 0.1) is 5.92 Å². The fourth-order valence-electron chi connectivity index (χ4n) is 2.77. The Hall–Kier alpha value is -1.26. The average Bonchev–Trinajstić information content (AvgIpc) is 2.83. The highest BCUT2D eigenvalue weighted by Gasteiger charge is 2.36. The SMILES string of the molecule is CC1CN(C2COc3cc(O)ccc32)CC1N. The average molecular weight is 234 g/mol. The maximum Gasteiger partial charge on any atom is 0.127 e. The number of aromatic hydroxyl groups is 1. The minimum Gasteiger partial charge on any atom is -0.508 e. The number of phenolic OH excluding ortho intramolecular Hbond substituents is 1. The minimum absolute atomic E-state index is 0.260. The molecule has 1 aromatic carbocycles. The summed E-state index contributed by atoms with van der Waals surface area (Å²) >= 11 is 0. The molecule has 0 radical (unpaired) electrons. The van der Waals surface area contributed by atoms with Gasteiger partial charge in [0.2, 0.25) is 0 Å². The van der Waals surface area contributed by atoms with Gasteiger partial charge in [0.05, 0.1) is 6.04 Å². The lowest BCUT2D eigenvalue weighted by Crippen LogP contribution is -2.31. The predicted octanol–water partition coefficient (Wildman–Crippen LogP) is 1.10. The Morgan fingerprint density at radius 3 is 2.94 bits per heavy atom. The third-order valence-electron chi connectivity index (χ3n) is 3.89. The Morgan fingerprint density at radius 1 is 1.41 bits per heavy atom. The van der Waals surface area contributed by atoms with Gasteiger partial charge in [-0.25, -0.2) is 0 Å². The molecule has 1 fully saturated rings. The van der Waals surface area contributed by atoms with E-state index >= 15 is 0 Å². The van der Waals surface area contributed by atoms with E-state index in [9.17, 15) is 5.11 Å². The summed E-state index contributed by atoms with van der Waals surface area (Å²) in [6, 6.07) is 5.92. The number of rotatable bonds is 1. The first-order valence-electron chi connectivity index (χ1n) is 6.10. The van der Waals surface area contributed by atoms with Gasteiger partial charge in [-0.15, -0.1) is 0 Å². The van der Waals surface area contributed by atoms with Crippen LogP contribution in [0.1, 0.15) is 18.5 Å². The topological polar surface area (TPSA) is 58.7 Å². The third-order valence-corrected chi connectivity index (χ3v) is 3.89. The van der Waals surface area contributed by atoms with Crippen LogP contribution in [0.5, 0.6) is 11.5 Å². The van der Waals surface area contributed by atoms with Gasteiger partial charge in [-0.2, -0.15) is 0 Å². The fourth-order valence-corrected chi connectivity index (χ4v) is 2.77. The first kappa shape index (κ1) is 10.9. The van der Waals surface area contributed by atoms with E-state index in [0.29, 0.717) is 18.6 Å². The summed E-state index contributed by atoms with van der Waals surface area (Å²) in [5.74, 6) is 1.61. The van der Waals surface area contributed by atoms with Crippen LogP contribution < -0.4 is 10.5 Å². The van der Waals surface area contributed by atoms with E-state index in [-0.39, 0.29) is 11.8 Å². The van der Waals surface area contributed by atoms with Crippen molar-refractivity contribution in [2.75, 3.05) is 19.7 Å².